The van der Waals surface area contributed by atoms with E-state index in [4.69, 9.17) is 0 Å². The van der Waals surface area contributed by atoms with Gasteiger partial charge in [-0.2, -0.15) is 0 Å². The molecule has 0 aliphatic carbocycles. The predicted octanol–water partition coefficient (Wildman–Crippen LogP) is 3.39. The summed E-state index contributed by atoms with van der Waals surface area (Å²) in [4.78, 5) is 42.0. The van der Waals surface area contributed by atoms with Crippen molar-refractivity contribution in [1.82, 2.24) is 0 Å². The normalized spacial score (nSPS) is 9.81. The number of carbonyl (C=O) groups excluding carboxylic acids is 4. The van der Waals surface area contributed by atoms with Gasteiger partial charge in [-0.25, -0.2) is 0 Å². The maximum absolute atomic E-state index is 11.0. The fraction of sp³-hybridized carbons (Fsp3) is 0.833. The molecule has 0 saturated heterocycles. The van der Waals surface area contributed by atoms with Crippen LogP contribution >= 0.6 is 0 Å². The number of carboxylic acids is 2. The van der Waals surface area contributed by atoms with E-state index in [2.05, 4.69) is 13.8 Å². The second kappa shape index (κ2) is 25.3. The summed E-state index contributed by atoms with van der Waals surface area (Å²) in [7, 11) is 0. The van der Waals surface area contributed by atoms with Crippen LogP contribution in [0, 0.1) is 11.8 Å². The third kappa shape index (κ3) is 25.2. The number of carbonyl (C=O) groups is 4. The van der Waals surface area contributed by atoms with Crippen LogP contribution in [0.1, 0.15) is 106 Å². The van der Waals surface area contributed by atoms with Crippen LogP contribution in [0.5, 0.6) is 0 Å². The summed E-state index contributed by atoms with van der Waals surface area (Å²) in [6.45, 7) is 12.1. The Hall–Kier alpha value is -0.921. The van der Waals surface area contributed by atoms with Gasteiger partial charge in [0.15, 0.2) is 0 Å². The van der Waals surface area contributed by atoms with Crippen molar-refractivity contribution in [3.8, 4) is 0 Å². The Labute approximate surface area is 200 Å². The Kier molecular flexibility index (Phi) is 28.4. The third-order valence-electron chi connectivity index (χ3n) is 4.93. The molecule has 0 bridgehead atoms. The monoisotopic (exact) mass is 548 g/mol. The van der Waals surface area contributed by atoms with Crippen LogP contribution in [0.4, 0.5) is 0 Å². The van der Waals surface area contributed by atoms with Crippen LogP contribution in [0.3, 0.4) is 0 Å². The van der Waals surface area contributed by atoms with E-state index in [0.717, 1.165) is 0 Å². The van der Waals surface area contributed by atoms with Crippen molar-refractivity contribution < 1.29 is 29.4 Å². The van der Waals surface area contributed by atoms with Gasteiger partial charge in [-0.15, -0.1) is 0 Å². The number of ketones is 2. The molecule has 0 amide bonds. The molecule has 7 heteroatoms. The van der Waals surface area contributed by atoms with Crippen molar-refractivity contribution in [3.63, 3.8) is 0 Å². The van der Waals surface area contributed by atoms with E-state index >= 15 is 0 Å². The van der Waals surface area contributed by atoms with E-state index in [1.54, 1.807) is 8.87 Å². The Balaban J connectivity index is -0.000000382. The molecule has 6 nitrogen and oxygen atoms in total. The average molecular weight is 547 g/mol. The number of carboxylic acid groups (broad SMARTS) is 2. The van der Waals surface area contributed by atoms with Gasteiger partial charge >= 0.3 is 69.5 Å². The van der Waals surface area contributed by atoms with E-state index in [0.29, 0.717) is 25.7 Å². The van der Waals surface area contributed by atoms with Gasteiger partial charge in [0.05, 0.1) is 0 Å². The number of Topliss-reactive ketones (excluding diaryl/α,β-unsaturated/α-hetero) is 2. The molecule has 0 saturated carbocycles. The molecule has 0 rings (SSSR count). The van der Waals surface area contributed by atoms with Gasteiger partial charge in [0.1, 0.15) is 11.6 Å². The molecule has 0 aromatic rings. The average Bonchev–Trinajstić information content (AvgIpc) is 2.70. The minimum absolute atomic E-state index is 0.104. The molecule has 0 unspecified atom stereocenters. The fourth-order valence-corrected chi connectivity index (χ4v) is 6.95. The molecule has 0 aromatic heterocycles. The summed E-state index contributed by atoms with van der Waals surface area (Å²) in [6, 6.07) is 0. The number of aliphatic carboxylic acids is 2. The minimum atomic E-state index is -1.28. The second-order valence-corrected chi connectivity index (χ2v) is 11.8. The Morgan fingerprint density at radius 1 is 0.613 bits per heavy atom. The summed E-state index contributed by atoms with van der Waals surface area (Å²) in [5.74, 6) is -3.19. The van der Waals surface area contributed by atoms with E-state index in [-0.39, 0.29) is 44.5 Å². The topological polar surface area (TPSA) is 114 Å². The van der Waals surface area contributed by atoms with Gasteiger partial charge in [0.2, 0.25) is 0 Å². The van der Waals surface area contributed by atoms with Crippen molar-refractivity contribution in [2.24, 2.45) is 11.8 Å². The van der Waals surface area contributed by atoms with Gasteiger partial charge in [-0.3, -0.25) is 9.59 Å². The van der Waals surface area contributed by atoms with Gasteiger partial charge in [0.25, 0.3) is 0 Å². The molecule has 0 aliphatic heterocycles. The first-order valence-corrected chi connectivity index (χ1v) is 15.8. The van der Waals surface area contributed by atoms with Gasteiger partial charge in [-0.05, 0) is 25.7 Å². The van der Waals surface area contributed by atoms with Gasteiger partial charge in [0, 0.05) is 36.6 Å². The molecule has 0 N–H and O–H groups in total. The molecule has 0 fully saturated rings. The van der Waals surface area contributed by atoms with Crippen LogP contribution in [0.2, 0.25) is 8.87 Å². The first-order chi connectivity index (χ1) is 14.6. The molecule has 0 aliphatic rings. The fourth-order valence-electron chi connectivity index (χ4n) is 2.79. The Morgan fingerprint density at radius 2 is 0.903 bits per heavy atom. The second-order valence-electron chi connectivity index (χ2n) is 7.51. The standard InChI is InChI=1S/2C8H14O3.2C4H9.Sn/c2*1-3-6(4-2)7(9)5-8(10)11;2*1-3-4-2;/h2*6H,3-5H2,1-2H3,(H,10,11);2*1,3-4H2,2H3;/q;;;;+2/p-2. The first-order valence-electron chi connectivity index (χ1n) is 11.8. The summed E-state index contributed by atoms with van der Waals surface area (Å²) in [6.07, 6.45) is 7.81. The summed E-state index contributed by atoms with van der Waals surface area (Å²) in [5, 5.41) is 20.0. The van der Waals surface area contributed by atoms with Crippen LogP contribution in [-0.2, 0) is 19.2 Å². The van der Waals surface area contributed by atoms with Crippen molar-refractivity contribution in [2.45, 2.75) is 115 Å². The zero-order chi connectivity index (χ0) is 24.7. The zero-order valence-corrected chi connectivity index (χ0v) is 23.4. The number of rotatable bonds is 16. The maximum atomic E-state index is 11.0. The molecule has 0 atom stereocenters. The van der Waals surface area contributed by atoms with E-state index < -0.39 is 24.8 Å². The Morgan fingerprint density at radius 3 is 1.10 bits per heavy atom. The summed E-state index contributed by atoms with van der Waals surface area (Å²) < 4.78 is 3.25. The zero-order valence-electron chi connectivity index (χ0n) is 20.6. The van der Waals surface area contributed by atoms with Gasteiger partial charge < -0.3 is 19.8 Å². The van der Waals surface area contributed by atoms with Gasteiger partial charge in [-0.1, -0.05) is 27.7 Å². The van der Waals surface area contributed by atoms with E-state index in [1.165, 1.54) is 25.7 Å². The van der Waals surface area contributed by atoms with Crippen LogP contribution in [0.15, 0.2) is 0 Å². The van der Waals surface area contributed by atoms with E-state index in [1.807, 2.05) is 27.7 Å². The van der Waals surface area contributed by atoms with Crippen LogP contribution in [0.25, 0.3) is 0 Å². The molecular formula is C24H44O6Sn. The predicted molar refractivity (Wildman–Crippen MR) is 123 cm³/mol. The molecule has 0 heterocycles. The number of hydrogen-bond donors (Lipinski definition) is 0. The number of unbranched alkanes of at least 4 members (excludes halogenated alkanes) is 2. The molecule has 0 spiro atoms. The summed E-state index contributed by atoms with van der Waals surface area (Å²) in [5.41, 5.74) is 0. The first kappa shape index (κ1) is 34.7. The molecule has 0 radical (unpaired) electrons. The van der Waals surface area contributed by atoms with Crippen molar-refractivity contribution in [1.29, 1.82) is 0 Å². The molecular weight excluding hydrogens is 503 g/mol. The quantitative estimate of drug-likeness (QED) is 0.166. The summed E-state index contributed by atoms with van der Waals surface area (Å²) >= 11 is 0.149. The van der Waals surface area contributed by atoms with Crippen molar-refractivity contribution in [3.05, 3.63) is 0 Å². The third-order valence-corrected chi connectivity index (χ3v) is 8.97. The molecule has 0 aromatic carbocycles. The van der Waals surface area contributed by atoms with Crippen molar-refractivity contribution in [2.75, 3.05) is 0 Å². The van der Waals surface area contributed by atoms with Crippen LogP contribution < -0.4 is 10.2 Å². The SMILES string of the molecule is CCC(CC)C(=O)CC(=O)[O-].CCC(CC)C(=O)CC(=O)[O-].CCC[CH2][Sn+2][CH2]CCC. The molecule has 180 valence electrons. The van der Waals surface area contributed by atoms with Crippen molar-refractivity contribution >= 4 is 44.6 Å². The number of hydrogen-bond acceptors (Lipinski definition) is 6. The van der Waals surface area contributed by atoms with Crippen LogP contribution in [-0.4, -0.2) is 44.6 Å². The van der Waals surface area contributed by atoms with E-state index in [9.17, 15) is 29.4 Å². The molecule has 31 heavy (non-hydrogen) atoms. The Bertz CT molecular complexity index is 429.